The first-order chi connectivity index (χ1) is 10.0. The number of carbonyl (C=O) groups excluding carboxylic acids is 1. The molecule has 0 aromatic heterocycles. The summed E-state index contributed by atoms with van der Waals surface area (Å²) in [6.07, 6.45) is 2.24. The van der Waals surface area contributed by atoms with Gasteiger partial charge >= 0.3 is 0 Å². The van der Waals surface area contributed by atoms with Crippen molar-refractivity contribution in [1.82, 2.24) is 0 Å². The normalized spacial score (nSPS) is 10.4. The fraction of sp³-hybridized carbons (Fsp3) is 0.278. The highest BCUT2D eigenvalue weighted by Crippen LogP contribution is 2.15. The van der Waals surface area contributed by atoms with Crippen molar-refractivity contribution in [2.75, 3.05) is 5.32 Å². The van der Waals surface area contributed by atoms with Gasteiger partial charge in [0.2, 0.25) is 5.91 Å². The molecule has 0 aliphatic carbocycles. The molecule has 1 N–H and O–H groups in total. The van der Waals surface area contributed by atoms with Crippen LogP contribution in [0.4, 0.5) is 5.69 Å². The summed E-state index contributed by atoms with van der Waals surface area (Å²) >= 11 is 5.85. The highest BCUT2D eigenvalue weighted by Gasteiger charge is 2.04. The summed E-state index contributed by atoms with van der Waals surface area (Å²) in [5.74, 6) is 0.0639. The van der Waals surface area contributed by atoms with E-state index in [1.165, 1.54) is 5.56 Å². The molecular formula is C18H20ClNO. The second-order valence-electron chi connectivity index (χ2n) is 5.40. The molecule has 0 aliphatic rings. The first kappa shape index (κ1) is 15.6. The second-order valence-corrected chi connectivity index (χ2v) is 5.84. The number of carbonyl (C=O) groups is 1. The lowest BCUT2D eigenvalue weighted by Crippen LogP contribution is -2.11. The molecule has 0 saturated carbocycles. The molecular weight excluding hydrogens is 282 g/mol. The van der Waals surface area contributed by atoms with Crippen LogP contribution in [0.1, 0.15) is 29.5 Å². The SMILES string of the molecule is Cc1cc(C)cc(NC(=O)CCCc2ccc(Cl)cc2)c1. The van der Waals surface area contributed by atoms with Crippen molar-refractivity contribution in [3.63, 3.8) is 0 Å². The maximum atomic E-state index is 11.9. The van der Waals surface area contributed by atoms with Crippen molar-refractivity contribution in [3.8, 4) is 0 Å². The molecule has 0 radical (unpaired) electrons. The Labute approximate surface area is 131 Å². The predicted octanol–water partition coefficient (Wildman–Crippen LogP) is 4.92. The molecule has 0 unspecified atom stereocenters. The first-order valence-electron chi connectivity index (χ1n) is 7.15. The van der Waals surface area contributed by atoms with Crippen LogP contribution < -0.4 is 5.32 Å². The molecule has 0 spiro atoms. The van der Waals surface area contributed by atoms with E-state index >= 15 is 0 Å². The van der Waals surface area contributed by atoms with Gasteiger partial charge in [-0.25, -0.2) is 0 Å². The quantitative estimate of drug-likeness (QED) is 0.834. The van der Waals surface area contributed by atoms with Crippen LogP contribution in [0.2, 0.25) is 5.02 Å². The third kappa shape index (κ3) is 5.24. The monoisotopic (exact) mass is 301 g/mol. The van der Waals surface area contributed by atoms with Gasteiger partial charge in [0.1, 0.15) is 0 Å². The Bertz CT molecular complexity index is 599. The molecule has 21 heavy (non-hydrogen) atoms. The Kier molecular flexibility index (Phi) is 5.40. The Morgan fingerprint density at radius 3 is 2.29 bits per heavy atom. The largest absolute Gasteiger partial charge is 0.326 e. The Morgan fingerprint density at radius 1 is 1.05 bits per heavy atom. The lowest BCUT2D eigenvalue weighted by Gasteiger charge is -2.07. The smallest absolute Gasteiger partial charge is 0.224 e. The number of anilines is 1. The number of amides is 1. The maximum Gasteiger partial charge on any atom is 0.224 e. The van der Waals surface area contributed by atoms with E-state index in [2.05, 4.69) is 11.4 Å². The summed E-state index contributed by atoms with van der Waals surface area (Å²) in [5.41, 5.74) is 4.40. The van der Waals surface area contributed by atoms with Gasteiger partial charge < -0.3 is 5.32 Å². The summed E-state index contributed by atoms with van der Waals surface area (Å²) in [5, 5.41) is 3.70. The van der Waals surface area contributed by atoms with Crippen molar-refractivity contribution in [2.45, 2.75) is 33.1 Å². The highest BCUT2D eigenvalue weighted by atomic mass is 35.5. The molecule has 0 fully saturated rings. The van der Waals surface area contributed by atoms with Crippen LogP contribution >= 0.6 is 11.6 Å². The number of aryl methyl sites for hydroxylation is 3. The van der Waals surface area contributed by atoms with Gasteiger partial charge in [0, 0.05) is 17.1 Å². The van der Waals surface area contributed by atoms with Crippen molar-refractivity contribution < 1.29 is 4.79 Å². The van der Waals surface area contributed by atoms with E-state index in [0.29, 0.717) is 6.42 Å². The number of benzene rings is 2. The van der Waals surface area contributed by atoms with Gasteiger partial charge in [-0.2, -0.15) is 0 Å². The van der Waals surface area contributed by atoms with Crippen LogP contribution in [0.3, 0.4) is 0 Å². The molecule has 0 aliphatic heterocycles. The second kappa shape index (κ2) is 7.28. The van der Waals surface area contributed by atoms with Gasteiger partial charge in [0.25, 0.3) is 0 Å². The summed E-state index contributed by atoms with van der Waals surface area (Å²) < 4.78 is 0. The predicted molar refractivity (Wildman–Crippen MR) is 88.9 cm³/mol. The minimum atomic E-state index is 0.0639. The van der Waals surface area contributed by atoms with E-state index < -0.39 is 0 Å². The minimum Gasteiger partial charge on any atom is -0.326 e. The molecule has 0 saturated heterocycles. The lowest BCUT2D eigenvalue weighted by molar-refractivity contribution is -0.116. The number of hydrogen-bond acceptors (Lipinski definition) is 1. The molecule has 110 valence electrons. The zero-order valence-electron chi connectivity index (χ0n) is 12.4. The van der Waals surface area contributed by atoms with Gasteiger partial charge in [-0.15, -0.1) is 0 Å². The van der Waals surface area contributed by atoms with E-state index in [4.69, 9.17) is 11.6 Å². The van der Waals surface area contributed by atoms with Crippen LogP contribution in [0.15, 0.2) is 42.5 Å². The zero-order valence-corrected chi connectivity index (χ0v) is 13.2. The van der Waals surface area contributed by atoms with Crippen molar-refractivity contribution in [2.24, 2.45) is 0 Å². The van der Waals surface area contributed by atoms with E-state index in [0.717, 1.165) is 34.7 Å². The van der Waals surface area contributed by atoms with Crippen LogP contribution in [-0.2, 0) is 11.2 Å². The summed E-state index contributed by atoms with van der Waals surface area (Å²) in [7, 11) is 0. The van der Waals surface area contributed by atoms with E-state index in [1.807, 2.05) is 50.2 Å². The highest BCUT2D eigenvalue weighted by molar-refractivity contribution is 6.30. The third-order valence-corrected chi connectivity index (χ3v) is 3.54. The Hall–Kier alpha value is -1.80. The van der Waals surface area contributed by atoms with Gasteiger partial charge in [0.05, 0.1) is 0 Å². The average molecular weight is 302 g/mol. The summed E-state index contributed by atoms with van der Waals surface area (Å²) in [4.78, 5) is 11.9. The summed E-state index contributed by atoms with van der Waals surface area (Å²) in [6.45, 7) is 4.06. The molecule has 2 aromatic rings. The zero-order chi connectivity index (χ0) is 15.2. The van der Waals surface area contributed by atoms with Crippen molar-refractivity contribution in [1.29, 1.82) is 0 Å². The number of nitrogens with one attached hydrogen (secondary N) is 1. The van der Waals surface area contributed by atoms with Crippen LogP contribution in [0.5, 0.6) is 0 Å². The average Bonchev–Trinajstić information content (AvgIpc) is 2.39. The topological polar surface area (TPSA) is 29.1 Å². The van der Waals surface area contributed by atoms with Gasteiger partial charge in [-0.3, -0.25) is 4.79 Å². The van der Waals surface area contributed by atoms with E-state index in [9.17, 15) is 4.79 Å². The molecule has 2 aromatic carbocycles. The molecule has 0 atom stereocenters. The number of rotatable bonds is 5. The number of hydrogen-bond donors (Lipinski definition) is 1. The van der Waals surface area contributed by atoms with Gasteiger partial charge in [-0.1, -0.05) is 29.8 Å². The van der Waals surface area contributed by atoms with Crippen molar-refractivity contribution in [3.05, 3.63) is 64.2 Å². The first-order valence-corrected chi connectivity index (χ1v) is 7.53. The molecule has 0 heterocycles. The standard InChI is InChI=1S/C18H20ClNO/c1-13-10-14(2)12-17(11-13)20-18(21)5-3-4-15-6-8-16(19)9-7-15/h6-12H,3-5H2,1-2H3,(H,20,21). The maximum absolute atomic E-state index is 11.9. The number of halogens is 1. The van der Waals surface area contributed by atoms with Gasteiger partial charge in [0.15, 0.2) is 0 Å². The van der Waals surface area contributed by atoms with Crippen molar-refractivity contribution >= 4 is 23.2 Å². The lowest BCUT2D eigenvalue weighted by atomic mass is 10.1. The van der Waals surface area contributed by atoms with Crippen LogP contribution in [0.25, 0.3) is 0 Å². The van der Waals surface area contributed by atoms with E-state index in [-0.39, 0.29) is 5.91 Å². The third-order valence-electron chi connectivity index (χ3n) is 3.29. The molecule has 2 rings (SSSR count). The Morgan fingerprint density at radius 2 is 1.67 bits per heavy atom. The van der Waals surface area contributed by atoms with Crippen LogP contribution in [-0.4, -0.2) is 5.91 Å². The fourth-order valence-corrected chi connectivity index (χ4v) is 2.50. The fourth-order valence-electron chi connectivity index (χ4n) is 2.37. The molecule has 1 amide bonds. The minimum absolute atomic E-state index is 0.0639. The molecule has 2 nitrogen and oxygen atoms in total. The molecule has 3 heteroatoms. The van der Waals surface area contributed by atoms with E-state index in [1.54, 1.807) is 0 Å². The molecule has 0 bridgehead atoms. The van der Waals surface area contributed by atoms with Crippen LogP contribution in [0, 0.1) is 13.8 Å². The Balaban J connectivity index is 1.80. The van der Waals surface area contributed by atoms with Gasteiger partial charge in [-0.05, 0) is 67.6 Å². The summed E-state index contributed by atoms with van der Waals surface area (Å²) in [6, 6.07) is 13.8.